The number of ether oxygens (including phenoxy) is 1. The van der Waals surface area contributed by atoms with Crippen LogP contribution in [0.25, 0.3) is 0 Å². The Morgan fingerprint density at radius 3 is 2.47 bits per heavy atom. The summed E-state index contributed by atoms with van der Waals surface area (Å²) in [5.74, 6) is -0.942. The normalized spacial score (nSPS) is 25.5. The van der Waals surface area contributed by atoms with Crippen LogP contribution in [0.2, 0.25) is 0 Å². The molecule has 0 spiro atoms. The van der Waals surface area contributed by atoms with Crippen molar-refractivity contribution in [2.45, 2.75) is 45.8 Å². The fourth-order valence-electron chi connectivity index (χ4n) is 2.87. The molecular weight excluding hydrogens is 248 g/mol. The van der Waals surface area contributed by atoms with E-state index < -0.39 is 11.6 Å². The number of hydrogen-bond acceptors (Lipinski definition) is 2. The number of hydrogen-bond donors (Lipinski definition) is 1. The number of nitrogens with one attached hydrogen (secondary N) is 1. The van der Waals surface area contributed by atoms with E-state index in [4.69, 9.17) is 4.74 Å². The highest BCUT2D eigenvalue weighted by molar-refractivity contribution is 5.24. The second kappa shape index (κ2) is 5.45. The molecule has 106 valence electrons. The fourth-order valence-corrected chi connectivity index (χ4v) is 2.87. The number of benzene rings is 1. The van der Waals surface area contributed by atoms with Crippen molar-refractivity contribution in [2.75, 3.05) is 6.54 Å². The zero-order valence-corrected chi connectivity index (χ0v) is 11.7. The molecule has 2 rings (SSSR count). The molecule has 1 aliphatic rings. The van der Waals surface area contributed by atoms with Gasteiger partial charge in [0.05, 0.1) is 0 Å². The summed E-state index contributed by atoms with van der Waals surface area (Å²) in [6, 6.07) is 3.52. The molecule has 0 aromatic heterocycles. The van der Waals surface area contributed by atoms with Crippen LogP contribution in [0.5, 0.6) is 5.75 Å². The zero-order valence-electron chi connectivity index (χ0n) is 11.7. The highest BCUT2D eigenvalue weighted by Gasteiger charge is 2.42. The first-order chi connectivity index (χ1) is 8.92. The van der Waals surface area contributed by atoms with Crippen LogP contribution in [0.3, 0.4) is 0 Å². The first-order valence-corrected chi connectivity index (χ1v) is 6.78. The molecule has 0 saturated heterocycles. The van der Waals surface area contributed by atoms with Crippen LogP contribution in [0.4, 0.5) is 8.78 Å². The molecule has 0 heterocycles. The van der Waals surface area contributed by atoms with Gasteiger partial charge in [0.25, 0.3) is 0 Å². The van der Waals surface area contributed by atoms with Crippen LogP contribution >= 0.6 is 0 Å². The lowest BCUT2D eigenvalue weighted by atomic mass is 9.87. The predicted molar refractivity (Wildman–Crippen MR) is 71.3 cm³/mol. The quantitative estimate of drug-likeness (QED) is 0.903. The average molecular weight is 269 g/mol. The second-order valence-electron chi connectivity index (χ2n) is 5.82. The van der Waals surface area contributed by atoms with Gasteiger partial charge in [-0.05, 0) is 24.8 Å². The summed E-state index contributed by atoms with van der Waals surface area (Å²) >= 11 is 0. The van der Waals surface area contributed by atoms with Crippen molar-refractivity contribution in [2.24, 2.45) is 5.41 Å². The molecule has 1 aromatic rings. The Morgan fingerprint density at radius 2 is 1.89 bits per heavy atom. The standard InChI is InChI=1S/C15H21F2NO/c1-4-18-14-13(5-6-15(14,2)3)19-12-8-10(16)7-11(17)9-12/h7-9,13-14,18H,4-6H2,1-3H3. The minimum absolute atomic E-state index is 0.0452. The van der Waals surface area contributed by atoms with Crippen LogP contribution in [-0.2, 0) is 0 Å². The van der Waals surface area contributed by atoms with Crippen molar-refractivity contribution in [1.82, 2.24) is 5.32 Å². The SMILES string of the molecule is CCNC1C(Oc2cc(F)cc(F)c2)CCC1(C)C. The lowest BCUT2D eigenvalue weighted by Crippen LogP contribution is -2.46. The van der Waals surface area contributed by atoms with Gasteiger partial charge in [-0.25, -0.2) is 8.78 Å². The summed E-state index contributed by atoms with van der Waals surface area (Å²) in [4.78, 5) is 0. The molecule has 2 atom stereocenters. The highest BCUT2D eigenvalue weighted by Crippen LogP contribution is 2.39. The third-order valence-electron chi connectivity index (χ3n) is 3.83. The summed E-state index contributed by atoms with van der Waals surface area (Å²) in [6.45, 7) is 7.28. The maximum atomic E-state index is 13.2. The monoisotopic (exact) mass is 269 g/mol. The van der Waals surface area contributed by atoms with Gasteiger partial charge in [0.1, 0.15) is 23.5 Å². The fraction of sp³-hybridized carbons (Fsp3) is 0.600. The Kier molecular flexibility index (Phi) is 4.09. The highest BCUT2D eigenvalue weighted by atomic mass is 19.1. The van der Waals surface area contributed by atoms with Gasteiger partial charge in [-0.3, -0.25) is 0 Å². The lowest BCUT2D eigenvalue weighted by molar-refractivity contribution is 0.140. The van der Waals surface area contributed by atoms with Crippen molar-refractivity contribution in [3.8, 4) is 5.75 Å². The second-order valence-corrected chi connectivity index (χ2v) is 5.82. The van der Waals surface area contributed by atoms with Crippen molar-refractivity contribution >= 4 is 0 Å². The Labute approximate surface area is 113 Å². The summed E-state index contributed by atoms with van der Waals surface area (Å²) in [7, 11) is 0. The summed E-state index contributed by atoms with van der Waals surface area (Å²) in [5, 5.41) is 3.42. The molecule has 0 radical (unpaired) electrons. The Morgan fingerprint density at radius 1 is 1.26 bits per heavy atom. The van der Waals surface area contributed by atoms with Crippen LogP contribution in [0.1, 0.15) is 33.6 Å². The lowest BCUT2D eigenvalue weighted by Gasteiger charge is -2.31. The van der Waals surface area contributed by atoms with E-state index in [2.05, 4.69) is 19.2 Å². The van der Waals surface area contributed by atoms with Crippen molar-refractivity contribution < 1.29 is 13.5 Å². The number of likely N-dealkylation sites (N-methyl/N-ethyl adjacent to an activating group) is 1. The Hall–Kier alpha value is -1.16. The van der Waals surface area contributed by atoms with E-state index in [0.717, 1.165) is 25.5 Å². The first-order valence-electron chi connectivity index (χ1n) is 6.78. The van der Waals surface area contributed by atoms with Gasteiger partial charge in [-0.1, -0.05) is 20.8 Å². The number of halogens is 2. The van der Waals surface area contributed by atoms with Crippen LogP contribution < -0.4 is 10.1 Å². The average Bonchev–Trinajstić information content (AvgIpc) is 2.55. The van der Waals surface area contributed by atoms with Gasteiger partial charge >= 0.3 is 0 Å². The van der Waals surface area contributed by atoms with E-state index in [1.165, 1.54) is 12.1 Å². The van der Waals surface area contributed by atoms with Crippen LogP contribution in [0, 0.1) is 17.0 Å². The van der Waals surface area contributed by atoms with Crippen LogP contribution in [0.15, 0.2) is 18.2 Å². The van der Waals surface area contributed by atoms with Gasteiger partial charge in [-0.15, -0.1) is 0 Å². The third kappa shape index (κ3) is 3.24. The summed E-state index contributed by atoms with van der Waals surface area (Å²) < 4.78 is 32.1. The topological polar surface area (TPSA) is 21.3 Å². The van der Waals surface area contributed by atoms with E-state index in [9.17, 15) is 8.78 Å². The molecule has 19 heavy (non-hydrogen) atoms. The largest absolute Gasteiger partial charge is 0.489 e. The molecule has 1 N–H and O–H groups in total. The molecule has 0 aliphatic heterocycles. The van der Waals surface area contributed by atoms with Crippen LogP contribution in [-0.4, -0.2) is 18.7 Å². The van der Waals surface area contributed by atoms with Gasteiger partial charge < -0.3 is 10.1 Å². The Bertz CT molecular complexity index is 428. The molecule has 4 heteroatoms. The van der Waals surface area contributed by atoms with E-state index >= 15 is 0 Å². The maximum absolute atomic E-state index is 13.2. The molecule has 1 aromatic carbocycles. The molecule has 0 bridgehead atoms. The first kappa shape index (κ1) is 14.3. The molecule has 1 saturated carbocycles. The molecular formula is C15H21F2NO. The minimum atomic E-state index is -0.604. The van der Waals surface area contributed by atoms with Gasteiger partial charge in [0.15, 0.2) is 0 Å². The predicted octanol–water partition coefficient (Wildman–Crippen LogP) is 3.51. The van der Waals surface area contributed by atoms with E-state index in [1.807, 2.05) is 6.92 Å². The summed E-state index contributed by atoms with van der Waals surface area (Å²) in [6.07, 6.45) is 1.88. The van der Waals surface area contributed by atoms with E-state index in [1.54, 1.807) is 0 Å². The molecule has 1 aliphatic carbocycles. The molecule has 2 unspecified atom stereocenters. The zero-order chi connectivity index (χ0) is 14.0. The van der Waals surface area contributed by atoms with Crippen molar-refractivity contribution in [3.63, 3.8) is 0 Å². The molecule has 1 fully saturated rings. The van der Waals surface area contributed by atoms with E-state index in [-0.39, 0.29) is 23.3 Å². The minimum Gasteiger partial charge on any atom is -0.489 e. The molecule has 2 nitrogen and oxygen atoms in total. The Balaban J connectivity index is 2.13. The molecule has 0 amide bonds. The third-order valence-corrected chi connectivity index (χ3v) is 3.83. The van der Waals surface area contributed by atoms with Gasteiger partial charge in [0.2, 0.25) is 0 Å². The smallest absolute Gasteiger partial charge is 0.129 e. The summed E-state index contributed by atoms with van der Waals surface area (Å²) in [5.41, 5.74) is 0.131. The maximum Gasteiger partial charge on any atom is 0.129 e. The van der Waals surface area contributed by atoms with Gasteiger partial charge in [-0.2, -0.15) is 0 Å². The van der Waals surface area contributed by atoms with Crippen molar-refractivity contribution in [1.29, 1.82) is 0 Å². The van der Waals surface area contributed by atoms with Crippen molar-refractivity contribution in [3.05, 3.63) is 29.8 Å². The number of rotatable bonds is 4. The van der Waals surface area contributed by atoms with E-state index in [0.29, 0.717) is 0 Å². The van der Waals surface area contributed by atoms with Gasteiger partial charge in [0, 0.05) is 24.2 Å².